The normalized spacial score (nSPS) is 20.3. The molecule has 160 valence electrons. The summed E-state index contributed by atoms with van der Waals surface area (Å²) < 4.78 is 0. The Hall–Kier alpha value is -2.08. The Morgan fingerprint density at radius 2 is 2.27 bits per heavy atom. The zero-order valence-electron chi connectivity index (χ0n) is 17.4. The molecule has 2 saturated heterocycles. The number of amides is 1. The third kappa shape index (κ3) is 4.97. The molecule has 8 heteroatoms. The fourth-order valence-electron chi connectivity index (χ4n) is 4.21. The van der Waals surface area contributed by atoms with E-state index in [4.69, 9.17) is 12.2 Å². The number of thioether (sulfide) groups is 1. The van der Waals surface area contributed by atoms with Crippen LogP contribution in [0.15, 0.2) is 36.9 Å². The SMILES string of the molecule is C=CCNC(=S)N1CCC2(CC1)NC(CCSC)C(=O)N2Cc1cccc(C#N)c1. The highest BCUT2D eigenvalue weighted by Crippen LogP contribution is 2.35. The van der Waals surface area contributed by atoms with Gasteiger partial charge in [0.1, 0.15) is 0 Å². The summed E-state index contributed by atoms with van der Waals surface area (Å²) in [5.74, 6) is 1.10. The van der Waals surface area contributed by atoms with Gasteiger partial charge in [0.25, 0.3) is 0 Å². The predicted octanol–water partition coefficient (Wildman–Crippen LogP) is 2.46. The number of nitrogens with zero attached hydrogens (tertiary/aromatic N) is 3. The zero-order valence-corrected chi connectivity index (χ0v) is 19.0. The van der Waals surface area contributed by atoms with Gasteiger partial charge in [-0.3, -0.25) is 10.1 Å². The van der Waals surface area contributed by atoms with Crippen molar-refractivity contribution in [2.45, 2.75) is 37.5 Å². The topological polar surface area (TPSA) is 71.4 Å². The van der Waals surface area contributed by atoms with Gasteiger partial charge in [-0.2, -0.15) is 17.0 Å². The lowest BCUT2D eigenvalue weighted by Gasteiger charge is -2.45. The fraction of sp³-hybridized carbons (Fsp3) is 0.500. The Balaban J connectivity index is 1.77. The number of benzene rings is 1. The Morgan fingerprint density at radius 3 is 2.93 bits per heavy atom. The number of hydrogen-bond donors (Lipinski definition) is 2. The highest BCUT2D eigenvalue weighted by molar-refractivity contribution is 7.98. The summed E-state index contributed by atoms with van der Waals surface area (Å²) in [6.45, 7) is 6.45. The van der Waals surface area contributed by atoms with Crippen LogP contribution in [0.1, 0.15) is 30.4 Å². The fourth-order valence-corrected chi connectivity index (χ4v) is 4.95. The van der Waals surface area contributed by atoms with Crippen molar-refractivity contribution in [2.24, 2.45) is 0 Å². The van der Waals surface area contributed by atoms with Crippen molar-refractivity contribution in [3.8, 4) is 6.07 Å². The van der Waals surface area contributed by atoms with Crippen LogP contribution in [0, 0.1) is 11.3 Å². The molecule has 1 atom stereocenters. The monoisotopic (exact) mass is 443 g/mol. The number of carbonyl (C=O) groups is 1. The highest BCUT2D eigenvalue weighted by atomic mass is 32.2. The number of rotatable bonds is 7. The van der Waals surface area contributed by atoms with Crippen molar-refractivity contribution >= 4 is 35.0 Å². The first-order valence-corrected chi connectivity index (χ1v) is 12.0. The van der Waals surface area contributed by atoms with Crippen molar-refractivity contribution in [1.82, 2.24) is 20.4 Å². The Bertz CT molecular complexity index is 829. The first-order chi connectivity index (χ1) is 14.5. The predicted molar refractivity (Wildman–Crippen MR) is 126 cm³/mol. The number of carbonyl (C=O) groups excluding carboxylic acids is 1. The second-order valence-electron chi connectivity index (χ2n) is 7.71. The van der Waals surface area contributed by atoms with Crippen LogP contribution in [0.4, 0.5) is 0 Å². The van der Waals surface area contributed by atoms with Crippen LogP contribution in [-0.4, -0.2) is 64.2 Å². The van der Waals surface area contributed by atoms with E-state index in [-0.39, 0.29) is 17.6 Å². The molecule has 1 amide bonds. The summed E-state index contributed by atoms with van der Waals surface area (Å²) in [6, 6.07) is 9.57. The third-order valence-corrected chi connectivity index (χ3v) is 6.85. The molecule has 2 aliphatic heterocycles. The molecule has 1 unspecified atom stereocenters. The minimum Gasteiger partial charge on any atom is -0.359 e. The zero-order chi connectivity index (χ0) is 21.6. The van der Waals surface area contributed by atoms with E-state index in [2.05, 4.69) is 34.4 Å². The average molecular weight is 444 g/mol. The largest absolute Gasteiger partial charge is 0.359 e. The number of thiocarbonyl (C=S) groups is 1. The van der Waals surface area contributed by atoms with Crippen LogP contribution in [0.3, 0.4) is 0 Å². The molecule has 1 aromatic carbocycles. The van der Waals surface area contributed by atoms with Crippen molar-refractivity contribution in [1.29, 1.82) is 5.26 Å². The highest BCUT2D eigenvalue weighted by Gasteiger charge is 2.51. The molecule has 2 heterocycles. The van der Waals surface area contributed by atoms with Gasteiger partial charge >= 0.3 is 0 Å². The average Bonchev–Trinajstić information content (AvgIpc) is 3.02. The molecule has 3 rings (SSSR count). The molecule has 30 heavy (non-hydrogen) atoms. The van der Waals surface area contributed by atoms with E-state index in [1.54, 1.807) is 23.9 Å². The number of hydrogen-bond acceptors (Lipinski definition) is 5. The Kier molecular flexibility index (Phi) is 7.75. The number of nitrogens with one attached hydrogen (secondary N) is 2. The van der Waals surface area contributed by atoms with Crippen LogP contribution in [-0.2, 0) is 11.3 Å². The molecule has 0 aliphatic carbocycles. The van der Waals surface area contributed by atoms with Gasteiger partial charge < -0.3 is 15.1 Å². The molecule has 1 aromatic rings. The summed E-state index contributed by atoms with van der Waals surface area (Å²) in [7, 11) is 0. The lowest BCUT2D eigenvalue weighted by atomic mass is 9.95. The van der Waals surface area contributed by atoms with Crippen molar-refractivity contribution in [2.75, 3.05) is 31.6 Å². The van der Waals surface area contributed by atoms with Gasteiger partial charge in [-0.05, 0) is 48.3 Å². The molecule has 1 spiro atoms. The second-order valence-corrected chi connectivity index (χ2v) is 9.08. The van der Waals surface area contributed by atoms with Crippen molar-refractivity contribution < 1.29 is 4.79 Å². The van der Waals surface area contributed by atoms with E-state index >= 15 is 0 Å². The molecule has 2 aliphatic rings. The van der Waals surface area contributed by atoms with Crippen LogP contribution in [0.25, 0.3) is 0 Å². The van der Waals surface area contributed by atoms with Gasteiger partial charge in [0, 0.05) is 39.0 Å². The third-order valence-electron chi connectivity index (χ3n) is 5.81. The summed E-state index contributed by atoms with van der Waals surface area (Å²) >= 11 is 7.26. The maximum atomic E-state index is 13.3. The first kappa shape index (κ1) is 22.6. The maximum Gasteiger partial charge on any atom is 0.241 e. The van der Waals surface area contributed by atoms with Crippen LogP contribution >= 0.6 is 24.0 Å². The van der Waals surface area contributed by atoms with E-state index in [0.717, 1.165) is 48.8 Å². The molecule has 0 saturated carbocycles. The van der Waals surface area contributed by atoms with Crippen LogP contribution in [0.2, 0.25) is 0 Å². The van der Waals surface area contributed by atoms with E-state index in [1.165, 1.54) is 0 Å². The van der Waals surface area contributed by atoms with Gasteiger partial charge in [-0.1, -0.05) is 18.2 Å². The lowest BCUT2D eigenvalue weighted by Crippen LogP contribution is -2.60. The van der Waals surface area contributed by atoms with Crippen molar-refractivity contribution in [3.63, 3.8) is 0 Å². The smallest absolute Gasteiger partial charge is 0.241 e. The maximum absolute atomic E-state index is 13.3. The Labute approximate surface area is 188 Å². The first-order valence-electron chi connectivity index (χ1n) is 10.2. The molecule has 0 bridgehead atoms. The van der Waals surface area contributed by atoms with E-state index in [1.807, 2.05) is 23.1 Å². The lowest BCUT2D eigenvalue weighted by molar-refractivity contribution is -0.134. The number of likely N-dealkylation sites (tertiary alicyclic amines) is 1. The van der Waals surface area contributed by atoms with Gasteiger partial charge in [-0.15, -0.1) is 6.58 Å². The molecular weight excluding hydrogens is 414 g/mol. The summed E-state index contributed by atoms with van der Waals surface area (Å²) in [6.07, 6.45) is 6.29. The minimum atomic E-state index is -0.368. The quantitative estimate of drug-likeness (QED) is 0.495. The summed E-state index contributed by atoms with van der Waals surface area (Å²) in [5.41, 5.74) is 1.24. The molecule has 2 fully saturated rings. The van der Waals surface area contributed by atoms with E-state index < -0.39 is 0 Å². The van der Waals surface area contributed by atoms with E-state index in [9.17, 15) is 10.1 Å². The number of piperidine rings is 1. The van der Waals surface area contributed by atoms with Crippen molar-refractivity contribution in [3.05, 3.63) is 48.0 Å². The molecule has 2 N–H and O–H groups in total. The summed E-state index contributed by atoms with van der Waals surface area (Å²) in [4.78, 5) is 17.5. The van der Waals surface area contributed by atoms with Gasteiger partial charge in [0.2, 0.25) is 5.91 Å². The molecule has 0 aromatic heterocycles. The second kappa shape index (κ2) is 10.3. The summed E-state index contributed by atoms with van der Waals surface area (Å²) in [5, 5.41) is 16.8. The van der Waals surface area contributed by atoms with Crippen LogP contribution < -0.4 is 10.6 Å². The Morgan fingerprint density at radius 1 is 1.50 bits per heavy atom. The van der Waals surface area contributed by atoms with E-state index in [0.29, 0.717) is 18.7 Å². The van der Waals surface area contributed by atoms with Crippen LogP contribution in [0.5, 0.6) is 0 Å². The van der Waals surface area contributed by atoms with Gasteiger partial charge in [-0.25, -0.2) is 0 Å². The number of nitriles is 1. The standard InChI is InChI=1S/C22H29N5OS2/c1-3-10-24-21(29)26-11-8-22(9-12-26)25-19(7-13-30-2)20(28)27(22)16-18-6-4-5-17(14-18)15-23/h3-6,14,19,25H,1,7-13,16H2,2H3,(H,24,29). The molecule has 6 nitrogen and oxygen atoms in total. The van der Waals surface area contributed by atoms with Gasteiger partial charge in [0.15, 0.2) is 5.11 Å². The molecular formula is C22H29N5OS2. The minimum absolute atomic E-state index is 0.158. The molecule has 0 radical (unpaired) electrons. The van der Waals surface area contributed by atoms with Gasteiger partial charge in [0.05, 0.1) is 23.3 Å².